The van der Waals surface area contributed by atoms with Crippen molar-refractivity contribution in [3.8, 4) is 5.75 Å². The van der Waals surface area contributed by atoms with Crippen LogP contribution in [-0.4, -0.2) is 31.0 Å². The lowest BCUT2D eigenvalue weighted by atomic mass is 9.99. The van der Waals surface area contributed by atoms with E-state index in [1.807, 2.05) is 12.1 Å². The summed E-state index contributed by atoms with van der Waals surface area (Å²) in [5.41, 5.74) is 1.28. The van der Waals surface area contributed by atoms with Crippen molar-refractivity contribution in [3.63, 3.8) is 0 Å². The molecule has 3 heteroatoms. The Balaban J connectivity index is 1.71. The van der Waals surface area contributed by atoms with Crippen LogP contribution in [0.4, 0.5) is 0 Å². The van der Waals surface area contributed by atoms with Crippen molar-refractivity contribution in [2.75, 3.05) is 19.8 Å². The predicted molar refractivity (Wildman–Crippen MR) is 117 cm³/mol. The van der Waals surface area contributed by atoms with Gasteiger partial charge in [0.1, 0.15) is 18.5 Å². The van der Waals surface area contributed by atoms with Gasteiger partial charge >= 0.3 is 0 Å². The Morgan fingerprint density at radius 2 is 1.68 bits per heavy atom. The van der Waals surface area contributed by atoms with Gasteiger partial charge in [0.15, 0.2) is 0 Å². The highest BCUT2D eigenvalue weighted by Crippen LogP contribution is 2.35. The van der Waals surface area contributed by atoms with Crippen molar-refractivity contribution < 1.29 is 14.6 Å². The fourth-order valence-electron chi connectivity index (χ4n) is 3.52. The van der Waals surface area contributed by atoms with Crippen LogP contribution in [0.5, 0.6) is 5.75 Å². The monoisotopic (exact) mass is 380 g/mol. The average molecular weight is 381 g/mol. The van der Waals surface area contributed by atoms with Crippen molar-refractivity contribution in [2.45, 2.75) is 52.1 Å². The zero-order chi connectivity index (χ0) is 19.8. The second kappa shape index (κ2) is 10.4. The minimum Gasteiger partial charge on any atom is -0.489 e. The molecule has 3 rings (SSSR count). The van der Waals surface area contributed by atoms with E-state index in [4.69, 9.17) is 9.47 Å². The Bertz CT molecular complexity index is 887. The molecule has 150 valence electrons. The second-order valence-electron chi connectivity index (χ2n) is 7.44. The number of hydrogen-bond donors (Lipinski definition) is 1. The van der Waals surface area contributed by atoms with Gasteiger partial charge in [-0.3, -0.25) is 0 Å². The van der Waals surface area contributed by atoms with Gasteiger partial charge in [0.25, 0.3) is 0 Å². The van der Waals surface area contributed by atoms with E-state index in [2.05, 4.69) is 50.2 Å². The summed E-state index contributed by atoms with van der Waals surface area (Å²) < 4.78 is 11.8. The summed E-state index contributed by atoms with van der Waals surface area (Å²) in [6.07, 6.45) is 5.05. The van der Waals surface area contributed by atoms with Gasteiger partial charge in [-0.25, -0.2) is 0 Å². The summed E-state index contributed by atoms with van der Waals surface area (Å²) in [5.74, 6) is 0.852. The van der Waals surface area contributed by atoms with Gasteiger partial charge in [-0.05, 0) is 41.3 Å². The van der Waals surface area contributed by atoms with E-state index in [9.17, 15) is 5.11 Å². The highest BCUT2D eigenvalue weighted by atomic mass is 16.5. The standard InChI is InChI=1S/C25H32O3/c1-3-5-6-9-14-27-17-22(26)18-28-25-23-11-8-7-10-20(23)16-21-13-12-19(4-2)15-24(21)25/h7-8,10-13,15-16,22,26H,3-6,9,14,17-18H2,1-2H3. The normalized spacial score (nSPS) is 12.5. The number of hydrogen-bond acceptors (Lipinski definition) is 3. The minimum absolute atomic E-state index is 0.231. The summed E-state index contributed by atoms with van der Waals surface area (Å²) in [5, 5.41) is 14.8. The molecule has 1 atom stereocenters. The smallest absolute Gasteiger partial charge is 0.135 e. The number of aliphatic hydroxyl groups excluding tert-OH is 1. The molecule has 1 N–H and O–H groups in total. The molecule has 0 fully saturated rings. The van der Waals surface area contributed by atoms with Crippen molar-refractivity contribution in [1.82, 2.24) is 0 Å². The number of aliphatic hydroxyl groups is 1. The maximum atomic E-state index is 10.3. The molecule has 0 radical (unpaired) electrons. The van der Waals surface area contributed by atoms with Crippen LogP contribution in [-0.2, 0) is 11.2 Å². The zero-order valence-corrected chi connectivity index (χ0v) is 17.1. The summed E-state index contributed by atoms with van der Waals surface area (Å²) >= 11 is 0. The molecule has 0 bridgehead atoms. The molecule has 28 heavy (non-hydrogen) atoms. The number of aryl methyl sites for hydroxylation is 1. The third-order valence-electron chi connectivity index (χ3n) is 5.16. The Kier molecular flexibility index (Phi) is 7.70. The Hall–Kier alpha value is -2.10. The van der Waals surface area contributed by atoms with Gasteiger partial charge in [0.05, 0.1) is 6.61 Å². The fraction of sp³-hybridized carbons (Fsp3) is 0.440. The summed E-state index contributed by atoms with van der Waals surface area (Å²) in [4.78, 5) is 0. The topological polar surface area (TPSA) is 38.7 Å². The molecule has 0 aliphatic carbocycles. The highest BCUT2D eigenvalue weighted by molar-refractivity contribution is 6.05. The minimum atomic E-state index is -0.630. The molecule has 3 aromatic carbocycles. The Labute approximate surface area is 168 Å². The van der Waals surface area contributed by atoms with Crippen LogP contribution < -0.4 is 4.74 Å². The highest BCUT2D eigenvalue weighted by Gasteiger charge is 2.12. The van der Waals surface area contributed by atoms with Crippen LogP contribution in [0, 0.1) is 0 Å². The summed E-state index contributed by atoms with van der Waals surface area (Å²) in [7, 11) is 0. The molecule has 0 heterocycles. The fourth-order valence-corrected chi connectivity index (χ4v) is 3.52. The number of unbranched alkanes of at least 4 members (excludes halogenated alkanes) is 3. The van der Waals surface area contributed by atoms with E-state index in [1.165, 1.54) is 24.8 Å². The molecule has 0 spiro atoms. The first-order valence-corrected chi connectivity index (χ1v) is 10.6. The lowest BCUT2D eigenvalue weighted by Gasteiger charge is -2.17. The van der Waals surface area contributed by atoms with Crippen LogP contribution in [0.3, 0.4) is 0 Å². The third-order valence-corrected chi connectivity index (χ3v) is 5.16. The van der Waals surface area contributed by atoms with E-state index < -0.39 is 6.10 Å². The molecule has 0 saturated heterocycles. The van der Waals surface area contributed by atoms with Gasteiger partial charge < -0.3 is 14.6 Å². The molecule has 3 aromatic rings. The molecule has 1 unspecified atom stereocenters. The van der Waals surface area contributed by atoms with Gasteiger partial charge in [-0.15, -0.1) is 0 Å². The lowest BCUT2D eigenvalue weighted by molar-refractivity contribution is 0.0115. The summed E-state index contributed by atoms with van der Waals surface area (Å²) in [6.45, 7) is 5.60. The molecular formula is C25H32O3. The Morgan fingerprint density at radius 1 is 0.857 bits per heavy atom. The third kappa shape index (κ3) is 5.24. The average Bonchev–Trinajstić information content (AvgIpc) is 2.73. The van der Waals surface area contributed by atoms with Crippen molar-refractivity contribution in [2.24, 2.45) is 0 Å². The van der Waals surface area contributed by atoms with Gasteiger partial charge in [0, 0.05) is 17.4 Å². The molecule has 3 nitrogen and oxygen atoms in total. The largest absolute Gasteiger partial charge is 0.489 e. The maximum absolute atomic E-state index is 10.3. The van der Waals surface area contributed by atoms with Crippen LogP contribution >= 0.6 is 0 Å². The first-order chi connectivity index (χ1) is 13.7. The molecular weight excluding hydrogens is 348 g/mol. The van der Waals surface area contributed by atoms with Crippen molar-refractivity contribution >= 4 is 21.5 Å². The lowest BCUT2D eigenvalue weighted by Crippen LogP contribution is -2.23. The second-order valence-corrected chi connectivity index (χ2v) is 7.44. The first-order valence-electron chi connectivity index (χ1n) is 10.6. The molecule has 0 aromatic heterocycles. The van der Waals surface area contributed by atoms with Crippen molar-refractivity contribution in [1.29, 1.82) is 0 Å². The van der Waals surface area contributed by atoms with E-state index in [-0.39, 0.29) is 6.61 Å². The molecule has 0 aliphatic heterocycles. The van der Waals surface area contributed by atoms with Crippen molar-refractivity contribution in [3.05, 3.63) is 54.1 Å². The van der Waals surface area contributed by atoms with E-state index in [0.29, 0.717) is 13.2 Å². The van der Waals surface area contributed by atoms with Crippen LogP contribution in [0.1, 0.15) is 45.1 Å². The quantitative estimate of drug-likeness (QED) is 0.333. The zero-order valence-electron chi connectivity index (χ0n) is 17.1. The van der Waals surface area contributed by atoms with Gasteiger partial charge in [0.2, 0.25) is 0 Å². The van der Waals surface area contributed by atoms with Crippen LogP contribution in [0.25, 0.3) is 21.5 Å². The van der Waals surface area contributed by atoms with Gasteiger partial charge in [-0.1, -0.05) is 69.5 Å². The number of benzene rings is 3. The number of ether oxygens (including phenoxy) is 2. The molecule has 0 saturated carbocycles. The van der Waals surface area contributed by atoms with Gasteiger partial charge in [-0.2, -0.15) is 0 Å². The van der Waals surface area contributed by atoms with E-state index in [0.717, 1.165) is 40.1 Å². The summed E-state index contributed by atoms with van der Waals surface area (Å²) in [6, 6.07) is 17.0. The van der Waals surface area contributed by atoms with Crippen LogP contribution in [0.2, 0.25) is 0 Å². The number of fused-ring (bicyclic) bond motifs is 2. The van der Waals surface area contributed by atoms with E-state index >= 15 is 0 Å². The maximum Gasteiger partial charge on any atom is 0.135 e. The molecule has 0 aliphatic rings. The predicted octanol–water partition coefficient (Wildman–Crippen LogP) is 5.89. The Morgan fingerprint density at radius 3 is 2.50 bits per heavy atom. The first kappa shape index (κ1) is 20.6. The SMILES string of the molecule is CCCCCCOCC(O)COc1c2ccccc2cc2ccc(CC)cc12. The van der Waals surface area contributed by atoms with Crippen LogP contribution in [0.15, 0.2) is 48.5 Å². The van der Waals surface area contributed by atoms with E-state index in [1.54, 1.807) is 0 Å². The number of rotatable bonds is 11. The molecule has 0 amide bonds.